The predicted molar refractivity (Wildman–Crippen MR) is 144 cm³/mol. The lowest BCUT2D eigenvalue weighted by molar-refractivity contribution is -0.127. The van der Waals surface area contributed by atoms with E-state index in [-0.39, 0.29) is 29.8 Å². The molecule has 0 aromatic heterocycles. The van der Waals surface area contributed by atoms with Gasteiger partial charge in [0.15, 0.2) is 0 Å². The first kappa shape index (κ1) is 29.3. The van der Waals surface area contributed by atoms with Crippen LogP contribution in [0.4, 0.5) is 8.78 Å². The van der Waals surface area contributed by atoms with Gasteiger partial charge in [0, 0.05) is 64.5 Å². The molecule has 3 fully saturated rings. The van der Waals surface area contributed by atoms with E-state index in [1.54, 1.807) is 0 Å². The largest absolute Gasteiger partial charge is 0.352 e. The molecular formula is C27H43F2N5O3S. The van der Waals surface area contributed by atoms with E-state index in [1.165, 1.54) is 22.7 Å². The number of likely N-dealkylation sites (tertiary alicyclic amines) is 1. The molecule has 2 unspecified atom stereocenters. The van der Waals surface area contributed by atoms with Gasteiger partial charge >= 0.3 is 0 Å². The molecule has 1 amide bonds. The fourth-order valence-electron chi connectivity index (χ4n) is 6.25. The smallest absolute Gasteiger partial charge is 0.237 e. The van der Waals surface area contributed by atoms with Crippen LogP contribution in [0.1, 0.15) is 50.5 Å². The van der Waals surface area contributed by atoms with Crippen LogP contribution in [0.3, 0.4) is 0 Å². The maximum Gasteiger partial charge on any atom is 0.237 e. The van der Waals surface area contributed by atoms with Gasteiger partial charge in [-0.15, -0.1) is 0 Å². The van der Waals surface area contributed by atoms with Gasteiger partial charge in [-0.25, -0.2) is 21.5 Å². The number of hydrogen-bond donors (Lipinski definition) is 2. The summed E-state index contributed by atoms with van der Waals surface area (Å²) < 4.78 is 53.6. The number of hydrogen-bond acceptors (Lipinski definition) is 6. The second kappa shape index (κ2) is 13.1. The summed E-state index contributed by atoms with van der Waals surface area (Å²) in [7, 11) is -3.24. The van der Waals surface area contributed by atoms with E-state index < -0.39 is 21.7 Å². The molecule has 3 heterocycles. The van der Waals surface area contributed by atoms with E-state index in [0.29, 0.717) is 31.5 Å². The van der Waals surface area contributed by atoms with Crippen LogP contribution in [-0.4, -0.2) is 106 Å². The van der Waals surface area contributed by atoms with Gasteiger partial charge in [0.25, 0.3) is 0 Å². The minimum absolute atomic E-state index is 0.0424. The van der Waals surface area contributed by atoms with Crippen LogP contribution >= 0.6 is 0 Å². The molecule has 38 heavy (non-hydrogen) atoms. The van der Waals surface area contributed by atoms with Crippen molar-refractivity contribution in [3.05, 3.63) is 35.4 Å². The third-order valence-electron chi connectivity index (χ3n) is 8.62. The number of rotatable bonds is 9. The highest BCUT2D eigenvalue weighted by Crippen LogP contribution is 2.37. The van der Waals surface area contributed by atoms with Crippen molar-refractivity contribution >= 4 is 15.9 Å². The molecule has 0 bridgehead atoms. The maximum atomic E-state index is 14.1. The number of piperazine rings is 1. The predicted octanol–water partition coefficient (Wildman–Crippen LogP) is 1.98. The Bertz CT molecular complexity index is 1020. The number of amides is 1. The van der Waals surface area contributed by atoms with Crippen LogP contribution in [0.2, 0.25) is 0 Å². The van der Waals surface area contributed by atoms with Gasteiger partial charge < -0.3 is 15.5 Å². The van der Waals surface area contributed by atoms with E-state index in [9.17, 15) is 22.0 Å². The highest BCUT2D eigenvalue weighted by molar-refractivity contribution is 7.88. The molecule has 2 atom stereocenters. The Kier molecular flexibility index (Phi) is 10.1. The summed E-state index contributed by atoms with van der Waals surface area (Å²) in [6, 6.07) is 3.79. The number of sulfonamides is 1. The van der Waals surface area contributed by atoms with Gasteiger partial charge in [-0.3, -0.25) is 9.69 Å². The Labute approximate surface area is 226 Å². The first-order chi connectivity index (χ1) is 18.1. The van der Waals surface area contributed by atoms with Crippen LogP contribution in [-0.2, 0) is 14.8 Å². The Morgan fingerprint density at radius 3 is 2.18 bits per heavy atom. The number of benzene rings is 1. The fourth-order valence-corrected chi connectivity index (χ4v) is 7.13. The van der Waals surface area contributed by atoms with E-state index >= 15 is 0 Å². The molecule has 4 rings (SSSR count). The first-order valence-electron chi connectivity index (χ1n) is 14.0. The lowest BCUT2D eigenvalue weighted by Crippen LogP contribution is -2.55. The summed E-state index contributed by atoms with van der Waals surface area (Å²) in [5.41, 5.74) is 0.657. The molecule has 2 N–H and O–H groups in total. The Hall–Kier alpha value is -1.66. The first-order valence-corrected chi connectivity index (χ1v) is 15.8. The highest BCUT2D eigenvalue weighted by Gasteiger charge is 2.32. The highest BCUT2D eigenvalue weighted by atomic mass is 32.2. The Morgan fingerprint density at radius 2 is 1.61 bits per heavy atom. The van der Waals surface area contributed by atoms with Crippen LogP contribution in [0.25, 0.3) is 0 Å². The number of carbonyl (C=O) groups excluding carboxylic acids is 1. The third-order valence-corrected chi connectivity index (χ3v) is 9.92. The number of carbonyl (C=O) groups is 1. The van der Waals surface area contributed by atoms with Crippen LogP contribution < -0.4 is 10.6 Å². The molecule has 214 valence electrons. The maximum absolute atomic E-state index is 14.1. The quantitative estimate of drug-likeness (QED) is 0.485. The van der Waals surface area contributed by atoms with E-state index in [1.807, 2.05) is 6.92 Å². The van der Waals surface area contributed by atoms with Gasteiger partial charge in [-0.05, 0) is 75.1 Å². The third kappa shape index (κ3) is 7.94. The summed E-state index contributed by atoms with van der Waals surface area (Å²) in [4.78, 5) is 17.4. The van der Waals surface area contributed by atoms with Gasteiger partial charge in [-0.1, -0.05) is 0 Å². The molecule has 0 radical (unpaired) electrons. The second-order valence-corrected chi connectivity index (χ2v) is 13.2. The molecule has 8 nitrogen and oxygen atoms in total. The van der Waals surface area contributed by atoms with Crippen molar-refractivity contribution in [2.45, 2.75) is 57.0 Å². The van der Waals surface area contributed by atoms with Crippen LogP contribution in [0, 0.1) is 17.6 Å². The van der Waals surface area contributed by atoms with Crippen molar-refractivity contribution in [1.29, 1.82) is 0 Å². The monoisotopic (exact) mass is 555 g/mol. The van der Waals surface area contributed by atoms with Crippen molar-refractivity contribution in [3.63, 3.8) is 0 Å². The zero-order valence-corrected chi connectivity index (χ0v) is 23.5. The van der Waals surface area contributed by atoms with Crippen LogP contribution in [0.15, 0.2) is 18.2 Å². The van der Waals surface area contributed by atoms with Gasteiger partial charge in [0.1, 0.15) is 11.6 Å². The SMILES string of the molecule is CC(C(=O)NC1CCN(CCC(c2cc(F)cc(F)c2)C2CCN(S(C)(=O)=O)CC2)CC1)N1CCNCC1. The summed E-state index contributed by atoms with van der Waals surface area (Å²) in [6.07, 6.45) is 5.09. The minimum Gasteiger partial charge on any atom is -0.352 e. The van der Waals surface area contributed by atoms with Gasteiger partial charge in [-0.2, -0.15) is 0 Å². The fraction of sp³-hybridized carbons (Fsp3) is 0.741. The molecule has 1 aromatic carbocycles. The summed E-state index contributed by atoms with van der Waals surface area (Å²) >= 11 is 0. The molecule has 3 saturated heterocycles. The molecule has 0 saturated carbocycles. The normalized spacial score (nSPS) is 23.3. The van der Waals surface area contributed by atoms with E-state index in [2.05, 4.69) is 20.4 Å². The zero-order chi connectivity index (χ0) is 27.3. The Balaban J connectivity index is 1.30. The summed E-state index contributed by atoms with van der Waals surface area (Å²) in [5.74, 6) is -0.939. The van der Waals surface area contributed by atoms with Crippen molar-refractivity contribution in [2.24, 2.45) is 5.92 Å². The van der Waals surface area contributed by atoms with Crippen molar-refractivity contribution < 1.29 is 22.0 Å². The average Bonchev–Trinajstić information content (AvgIpc) is 2.89. The Morgan fingerprint density at radius 1 is 1.00 bits per heavy atom. The lowest BCUT2D eigenvalue weighted by Gasteiger charge is -2.38. The number of halogens is 2. The number of piperidine rings is 2. The number of nitrogens with zero attached hydrogens (tertiary/aromatic N) is 3. The molecule has 0 aliphatic carbocycles. The summed E-state index contributed by atoms with van der Waals surface area (Å²) in [6.45, 7) is 8.98. The molecule has 11 heteroatoms. The lowest BCUT2D eigenvalue weighted by atomic mass is 9.78. The molecule has 1 aromatic rings. The molecule has 3 aliphatic rings. The van der Waals surface area contributed by atoms with Crippen LogP contribution in [0.5, 0.6) is 0 Å². The van der Waals surface area contributed by atoms with Gasteiger partial charge in [0.2, 0.25) is 15.9 Å². The molecular weight excluding hydrogens is 512 g/mol. The topological polar surface area (TPSA) is 85.0 Å². The number of nitrogens with one attached hydrogen (secondary N) is 2. The van der Waals surface area contributed by atoms with E-state index in [0.717, 1.165) is 71.1 Å². The van der Waals surface area contributed by atoms with E-state index in [4.69, 9.17) is 0 Å². The van der Waals surface area contributed by atoms with Crippen molar-refractivity contribution in [3.8, 4) is 0 Å². The molecule has 3 aliphatic heterocycles. The van der Waals surface area contributed by atoms with Crippen molar-refractivity contribution in [2.75, 3.05) is 65.2 Å². The summed E-state index contributed by atoms with van der Waals surface area (Å²) in [5, 5.41) is 6.56. The van der Waals surface area contributed by atoms with Gasteiger partial charge in [0.05, 0.1) is 12.3 Å². The minimum atomic E-state index is -3.24. The average molecular weight is 556 g/mol. The second-order valence-electron chi connectivity index (χ2n) is 11.2. The molecule has 0 spiro atoms. The zero-order valence-electron chi connectivity index (χ0n) is 22.7. The standard InChI is InChI=1S/C27H43F2N5O3S/c1-20(33-15-8-30-9-16-33)27(35)31-25-5-10-32(11-6-25)12-7-26(22-17-23(28)19-24(29)18-22)21-3-13-34(14-4-21)38(2,36)37/h17-21,25-26,30H,3-16H2,1-2H3,(H,31,35). The van der Waals surface area contributed by atoms with Crippen molar-refractivity contribution in [1.82, 2.24) is 24.7 Å².